The third kappa shape index (κ3) is 3.56. The van der Waals surface area contributed by atoms with Gasteiger partial charge in [-0.05, 0) is 36.1 Å². The number of fused-ring (bicyclic) bond motifs is 3. The lowest BCUT2D eigenvalue weighted by Crippen LogP contribution is -2.36. The van der Waals surface area contributed by atoms with Crippen molar-refractivity contribution >= 4 is 23.4 Å². The van der Waals surface area contributed by atoms with Gasteiger partial charge >= 0.3 is 0 Å². The quantitative estimate of drug-likeness (QED) is 0.578. The van der Waals surface area contributed by atoms with Gasteiger partial charge in [-0.2, -0.15) is 4.98 Å². The molecule has 9 heteroatoms. The van der Waals surface area contributed by atoms with E-state index in [2.05, 4.69) is 15.2 Å². The Kier molecular flexibility index (Phi) is 5.54. The van der Waals surface area contributed by atoms with Crippen LogP contribution in [-0.2, 0) is 4.79 Å². The van der Waals surface area contributed by atoms with Gasteiger partial charge in [-0.3, -0.25) is 9.69 Å². The van der Waals surface area contributed by atoms with Crippen LogP contribution in [0.25, 0.3) is 11.3 Å². The Morgan fingerprint density at radius 3 is 2.80 bits per heavy atom. The van der Waals surface area contributed by atoms with E-state index in [0.29, 0.717) is 27.7 Å². The molecule has 154 valence electrons. The molecule has 0 unspecified atom stereocenters. The number of aromatic nitrogens is 3. The van der Waals surface area contributed by atoms with Gasteiger partial charge in [0.25, 0.3) is 0 Å². The number of thioether (sulfide) groups is 1. The number of ether oxygens (including phenoxy) is 2. The van der Waals surface area contributed by atoms with E-state index in [0.717, 1.165) is 5.75 Å². The molecule has 0 aliphatic carbocycles. The second kappa shape index (κ2) is 8.27. The molecule has 1 aromatic heterocycles. The number of carbonyl (C=O) groups is 1. The Hall–Kier alpha value is -3.20. The number of halogens is 1. The van der Waals surface area contributed by atoms with Crippen molar-refractivity contribution in [3.05, 3.63) is 53.8 Å². The third-order valence-corrected chi connectivity index (χ3v) is 5.30. The molecule has 3 aromatic rings. The number of para-hydroxylation sites is 1. The van der Waals surface area contributed by atoms with Crippen LogP contribution < -0.4 is 14.4 Å². The summed E-state index contributed by atoms with van der Waals surface area (Å²) in [7, 11) is 1.55. The van der Waals surface area contributed by atoms with Gasteiger partial charge in [-0.1, -0.05) is 30.8 Å². The number of benzene rings is 2. The first-order chi connectivity index (χ1) is 14.5. The molecule has 1 aliphatic heterocycles. The van der Waals surface area contributed by atoms with E-state index < -0.39 is 12.0 Å². The number of hydrogen-bond acceptors (Lipinski definition) is 7. The molecule has 0 bridgehead atoms. The maximum Gasteiger partial charge on any atom is 0.247 e. The van der Waals surface area contributed by atoms with Gasteiger partial charge in [0, 0.05) is 12.5 Å². The zero-order valence-electron chi connectivity index (χ0n) is 16.6. The van der Waals surface area contributed by atoms with E-state index in [-0.39, 0.29) is 17.5 Å². The Morgan fingerprint density at radius 1 is 1.27 bits per heavy atom. The highest BCUT2D eigenvalue weighted by molar-refractivity contribution is 7.99. The summed E-state index contributed by atoms with van der Waals surface area (Å²) < 4.78 is 25.9. The van der Waals surface area contributed by atoms with Crippen LogP contribution in [0.3, 0.4) is 0 Å². The van der Waals surface area contributed by atoms with E-state index in [1.54, 1.807) is 13.2 Å². The minimum Gasteiger partial charge on any atom is -0.496 e. The van der Waals surface area contributed by atoms with E-state index in [1.165, 1.54) is 41.8 Å². The highest BCUT2D eigenvalue weighted by Crippen LogP contribution is 2.45. The van der Waals surface area contributed by atoms with Crippen LogP contribution in [0.1, 0.15) is 25.6 Å². The van der Waals surface area contributed by atoms with Gasteiger partial charge in [0.1, 0.15) is 11.6 Å². The minimum absolute atomic E-state index is 0.174. The molecule has 0 saturated carbocycles. The van der Waals surface area contributed by atoms with Crippen LogP contribution in [0.2, 0.25) is 0 Å². The smallest absolute Gasteiger partial charge is 0.247 e. The standard InChI is InChI=1S/C21H19FN4O3S/c1-4-30-21-23-19-18(24-25-21)15-11-13(22)9-10-16(15)26(12(2)27)20(29-19)14-7-5-6-8-17(14)28-3/h5-11,20H,4H2,1-3H3/t20-/m1/s1. The highest BCUT2D eigenvalue weighted by atomic mass is 32.2. The van der Waals surface area contributed by atoms with Crippen molar-refractivity contribution in [1.29, 1.82) is 0 Å². The van der Waals surface area contributed by atoms with Crippen molar-refractivity contribution in [2.45, 2.75) is 25.2 Å². The highest BCUT2D eigenvalue weighted by Gasteiger charge is 2.36. The maximum atomic E-state index is 14.2. The molecule has 30 heavy (non-hydrogen) atoms. The molecule has 0 radical (unpaired) electrons. The molecule has 1 amide bonds. The normalized spacial score (nSPS) is 14.9. The molecule has 0 spiro atoms. The molecule has 2 heterocycles. The molecule has 1 aliphatic rings. The number of rotatable bonds is 4. The summed E-state index contributed by atoms with van der Waals surface area (Å²) >= 11 is 1.41. The number of anilines is 1. The Bertz CT molecular complexity index is 1110. The van der Waals surface area contributed by atoms with Crippen molar-refractivity contribution < 1.29 is 18.7 Å². The minimum atomic E-state index is -0.889. The first-order valence-electron chi connectivity index (χ1n) is 9.30. The topological polar surface area (TPSA) is 77.4 Å². The van der Waals surface area contributed by atoms with E-state index >= 15 is 0 Å². The summed E-state index contributed by atoms with van der Waals surface area (Å²) in [6.07, 6.45) is -0.889. The van der Waals surface area contributed by atoms with E-state index in [9.17, 15) is 9.18 Å². The summed E-state index contributed by atoms with van der Waals surface area (Å²) in [5.74, 6) is 0.718. The Labute approximate surface area is 177 Å². The lowest BCUT2D eigenvalue weighted by molar-refractivity contribution is -0.118. The van der Waals surface area contributed by atoms with Crippen LogP contribution >= 0.6 is 11.8 Å². The fourth-order valence-electron chi connectivity index (χ4n) is 3.34. The van der Waals surface area contributed by atoms with Crippen molar-refractivity contribution in [1.82, 2.24) is 15.2 Å². The lowest BCUT2D eigenvalue weighted by atomic mass is 10.1. The van der Waals surface area contributed by atoms with Crippen LogP contribution in [0.5, 0.6) is 11.6 Å². The zero-order chi connectivity index (χ0) is 21.3. The van der Waals surface area contributed by atoms with Crippen molar-refractivity contribution in [2.75, 3.05) is 17.8 Å². The van der Waals surface area contributed by atoms with Gasteiger partial charge in [-0.15, -0.1) is 10.2 Å². The average Bonchev–Trinajstić information content (AvgIpc) is 2.88. The third-order valence-electron chi connectivity index (χ3n) is 4.58. The molecular formula is C21H19FN4O3S. The fraction of sp³-hybridized carbons (Fsp3) is 0.238. The molecule has 2 aromatic carbocycles. The second-order valence-electron chi connectivity index (χ2n) is 6.44. The number of nitrogens with zero attached hydrogens (tertiary/aromatic N) is 4. The van der Waals surface area contributed by atoms with Crippen molar-refractivity contribution in [2.24, 2.45) is 0 Å². The van der Waals surface area contributed by atoms with Crippen LogP contribution in [0.15, 0.2) is 47.6 Å². The fourth-order valence-corrected chi connectivity index (χ4v) is 3.84. The predicted octanol–water partition coefficient (Wildman–Crippen LogP) is 4.24. The molecule has 0 fully saturated rings. The van der Waals surface area contributed by atoms with Crippen LogP contribution in [0.4, 0.5) is 10.1 Å². The van der Waals surface area contributed by atoms with Gasteiger partial charge in [0.2, 0.25) is 23.2 Å². The number of amides is 1. The van der Waals surface area contributed by atoms with E-state index in [1.807, 2.05) is 25.1 Å². The monoisotopic (exact) mass is 426 g/mol. The zero-order valence-corrected chi connectivity index (χ0v) is 17.4. The molecule has 7 nitrogen and oxygen atoms in total. The maximum absolute atomic E-state index is 14.2. The van der Waals surface area contributed by atoms with Gasteiger partial charge in [0.15, 0.2) is 5.69 Å². The predicted molar refractivity (Wildman–Crippen MR) is 111 cm³/mol. The Balaban J connectivity index is 1.99. The van der Waals surface area contributed by atoms with Gasteiger partial charge < -0.3 is 9.47 Å². The number of methoxy groups -OCH3 is 1. The molecule has 1 atom stereocenters. The van der Waals surface area contributed by atoms with Crippen molar-refractivity contribution in [3.8, 4) is 22.9 Å². The largest absolute Gasteiger partial charge is 0.496 e. The van der Waals surface area contributed by atoms with Crippen LogP contribution in [-0.4, -0.2) is 34.0 Å². The molecule has 0 N–H and O–H groups in total. The molecule has 0 saturated heterocycles. The van der Waals surface area contributed by atoms with Gasteiger partial charge in [-0.25, -0.2) is 4.39 Å². The SMILES string of the molecule is CCSc1nnc2c(n1)O[C@H](c1ccccc1OC)N(C(C)=O)c1ccc(F)cc1-2. The summed E-state index contributed by atoms with van der Waals surface area (Å²) in [4.78, 5) is 18.7. The van der Waals surface area contributed by atoms with Crippen LogP contribution in [0, 0.1) is 5.82 Å². The summed E-state index contributed by atoms with van der Waals surface area (Å²) in [6, 6.07) is 11.4. The van der Waals surface area contributed by atoms with E-state index in [4.69, 9.17) is 9.47 Å². The first-order valence-corrected chi connectivity index (χ1v) is 10.3. The Morgan fingerprint density at radius 2 is 2.07 bits per heavy atom. The summed E-state index contributed by atoms with van der Waals surface area (Å²) in [5, 5.41) is 8.81. The number of hydrogen-bond donors (Lipinski definition) is 0. The molecule has 4 rings (SSSR count). The summed E-state index contributed by atoms with van der Waals surface area (Å²) in [5.41, 5.74) is 1.73. The summed E-state index contributed by atoms with van der Waals surface area (Å²) in [6.45, 7) is 3.40. The molecular weight excluding hydrogens is 407 g/mol. The van der Waals surface area contributed by atoms with Crippen molar-refractivity contribution in [3.63, 3.8) is 0 Å². The lowest BCUT2D eigenvalue weighted by Gasteiger charge is -2.30. The first kappa shape index (κ1) is 20.1. The average molecular weight is 426 g/mol. The number of carbonyl (C=O) groups excluding carboxylic acids is 1. The van der Waals surface area contributed by atoms with Gasteiger partial charge in [0.05, 0.1) is 18.4 Å². The second-order valence-corrected chi connectivity index (χ2v) is 7.67.